The van der Waals surface area contributed by atoms with Crippen molar-refractivity contribution < 1.29 is 15.0 Å². The standard InChI is InChI=1S/C23H31NO3/c25-20-6-8-24(9-7-20)21(26)14-23(17-4-2-1-3-5-17)18-10-15-11-19(23)13-16(12-18)22(15)27/h1-5,15-16,18-20,22,25,27H,6-14H2. The summed E-state index contributed by atoms with van der Waals surface area (Å²) in [5, 5.41) is 20.4. The average Bonchev–Trinajstić information content (AvgIpc) is 2.67. The van der Waals surface area contributed by atoms with Gasteiger partial charge in [-0.25, -0.2) is 0 Å². The number of amides is 1. The summed E-state index contributed by atoms with van der Waals surface area (Å²) in [5.74, 6) is 2.14. The van der Waals surface area contributed by atoms with Crippen molar-refractivity contribution in [2.75, 3.05) is 13.1 Å². The summed E-state index contributed by atoms with van der Waals surface area (Å²) in [5.41, 5.74) is 1.26. The fraction of sp³-hybridized carbons (Fsp3) is 0.696. The smallest absolute Gasteiger partial charge is 0.223 e. The first-order chi connectivity index (χ1) is 13.1. The first-order valence-corrected chi connectivity index (χ1v) is 10.8. The van der Waals surface area contributed by atoms with Gasteiger partial charge >= 0.3 is 0 Å². The van der Waals surface area contributed by atoms with E-state index in [4.69, 9.17) is 0 Å². The number of aliphatic hydroxyl groups is 2. The summed E-state index contributed by atoms with van der Waals surface area (Å²) in [6.07, 6.45) is 5.89. The Morgan fingerprint density at radius 3 is 2.07 bits per heavy atom. The van der Waals surface area contributed by atoms with Gasteiger partial charge in [0, 0.05) is 24.9 Å². The van der Waals surface area contributed by atoms with Crippen LogP contribution in [0.2, 0.25) is 0 Å². The molecule has 1 aromatic rings. The maximum atomic E-state index is 13.3. The number of likely N-dealkylation sites (tertiary alicyclic amines) is 1. The summed E-state index contributed by atoms with van der Waals surface area (Å²) in [6, 6.07) is 10.7. The van der Waals surface area contributed by atoms with Gasteiger partial charge < -0.3 is 15.1 Å². The van der Waals surface area contributed by atoms with E-state index in [-0.39, 0.29) is 23.5 Å². The number of hydrogen-bond acceptors (Lipinski definition) is 3. The van der Waals surface area contributed by atoms with Crippen molar-refractivity contribution in [3.05, 3.63) is 35.9 Å². The lowest BCUT2D eigenvalue weighted by molar-refractivity contribution is -0.153. The number of carbonyl (C=O) groups is 1. The van der Waals surface area contributed by atoms with Gasteiger partial charge in [-0.2, -0.15) is 0 Å². The number of carbonyl (C=O) groups excluding carboxylic acids is 1. The molecule has 1 aromatic carbocycles. The molecule has 0 unspecified atom stereocenters. The van der Waals surface area contributed by atoms with Crippen molar-refractivity contribution >= 4 is 5.91 Å². The second kappa shape index (κ2) is 6.59. The van der Waals surface area contributed by atoms with E-state index < -0.39 is 0 Å². The van der Waals surface area contributed by atoms with Gasteiger partial charge in [-0.15, -0.1) is 0 Å². The van der Waals surface area contributed by atoms with Crippen molar-refractivity contribution in [2.24, 2.45) is 23.7 Å². The molecule has 4 bridgehead atoms. The summed E-state index contributed by atoms with van der Waals surface area (Å²) >= 11 is 0. The Morgan fingerprint density at radius 1 is 0.963 bits per heavy atom. The summed E-state index contributed by atoms with van der Waals surface area (Å²) in [7, 11) is 0. The molecule has 1 aliphatic heterocycles. The Morgan fingerprint density at radius 2 is 1.52 bits per heavy atom. The van der Waals surface area contributed by atoms with Gasteiger partial charge in [-0.05, 0) is 67.8 Å². The molecule has 0 radical (unpaired) electrons. The third kappa shape index (κ3) is 2.75. The minimum atomic E-state index is -0.250. The largest absolute Gasteiger partial charge is 0.393 e. The molecule has 5 fully saturated rings. The number of benzene rings is 1. The van der Waals surface area contributed by atoms with E-state index in [1.165, 1.54) is 5.56 Å². The molecule has 5 aliphatic rings. The van der Waals surface area contributed by atoms with Crippen molar-refractivity contribution in [2.45, 2.75) is 62.6 Å². The molecule has 0 atom stereocenters. The molecule has 146 valence electrons. The van der Waals surface area contributed by atoms with E-state index in [9.17, 15) is 15.0 Å². The van der Waals surface area contributed by atoms with Crippen molar-refractivity contribution in [3.63, 3.8) is 0 Å². The Kier molecular flexibility index (Phi) is 4.32. The monoisotopic (exact) mass is 369 g/mol. The Balaban J connectivity index is 1.47. The molecule has 4 saturated carbocycles. The SMILES string of the molecule is O=C(CC1(c2ccccc2)C2CC3CC1CC(C2)C3O)N1CCC(O)CC1. The minimum absolute atomic E-state index is 0.0679. The zero-order valence-electron chi connectivity index (χ0n) is 16.0. The maximum absolute atomic E-state index is 13.3. The van der Waals surface area contributed by atoms with Crippen LogP contribution in [0.25, 0.3) is 0 Å². The van der Waals surface area contributed by atoms with Crippen LogP contribution < -0.4 is 0 Å². The second-order valence-corrected chi connectivity index (χ2v) is 9.54. The Hall–Kier alpha value is -1.39. The molecule has 1 heterocycles. The van der Waals surface area contributed by atoms with E-state index in [1.54, 1.807) is 0 Å². The van der Waals surface area contributed by atoms with Crippen molar-refractivity contribution in [1.29, 1.82) is 0 Å². The number of piperidine rings is 1. The molecule has 4 nitrogen and oxygen atoms in total. The van der Waals surface area contributed by atoms with E-state index in [2.05, 4.69) is 30.3 Å². The summed E-state index contributed by atoms with van der Waals surface area (Å²) < 4.78 is 0. The predicted octanol–water partition coefficient (Wildman–Crippen LogP) is 2.72. The Bertz CT molecular complexity index is 665. The number of rotatable bonds is 3. The quantitative estimate of drug-likeness (QED) is 0.861. The average molecular weight is 370 g/mol. The van der Waals surface area contributed by atoms with E-state index in [0.717, 1.165) is 25.7 Å². The molecule has 6 rings (SSSR count). The van der Waals surface area contributed by atoms with Gasteiger partial charge in [0.1, 0.15) is 0 Å². The van der Waals surface area contributed by atoms with E-state index in [1.807, 2.05) is 4.90 Å². The van der Waals surface area contributed by atoms with Crippen LogP contribution >= 0.6 is 0 Å². The zero-order valence-corrected chi connectivity index (χ0v) is 16.0. The predicted molar refractivity (Wildman–Crippen MR) is 103 cm³/mol. The normalized spacial score (nSPS) is 41.1. The maximum Gasteiger partial charge on any atom is 0.223 e. The molecule has 2 N–H and O–H groups in total. The third-order valence-corrected chi connectivity index (χ3v) is 8.34. The number of hydrogen-bond donors (Lipinski definition) is 2. The minimum Gasteiger partial charge on any atom is -0.393 e. The van der Waals surface area contributed by atoms with Crippen LogP contribution in [0.1, 0.15) is 50.5 Å². The molecular weight excluding hydrogens is 338 g/mol. The summed E-state index contributed by atoms with van der Waals surface area (Å²) in [4.78, 5) is 15.3. The van der Waals surface area contributed by atoms with Crippen LogP contribution in [0.5, 0.6) is 0 Å². The highest BCUT2D eigenvalue weighted by Gasteiger charge is 2.61. The van der Waals surface area contributed by atoms with Gasteiger partial charge in [-0.1, -0.05) is 30.3 Å². The molecule has 27 heavy (non-hydrogen) atoms. The number of aliphatic hydroxyl groups excluding tert-OH is 2. The number of nitrogens with zero attached hydrogens (tertiary/aromatic N) is 1. The fourth-order valence-corrected chi connectivity index (χ4v) is 7.05. The third-order valence-electron chi connectivity index (χ3n) is 8.34. The highest BCUT2D eigenvalue weighted by Crippen LogP contribution is 2.64. The van der Waals surface area contributed by atoms with Crippen LogP contribution in [-0.4, -0.2) is 46.3 Å². The Labute approximate surface area is 161 Å². The van der Waals surface area contributed by atoms with Crippen LogP contribution in [-0.2, 0) is 10.2 Å². The molecule has 1 amide bonds. The first kappa shape index (κ1) is 17.7. The second-order valence-electron chi connectivity index (χ2n) is 9.54. The highest BCUT2D eigenvalue weighted by atomic mass is 16.3. The van der Waals surface area contributed by atoms with Crippen LogP contribution in [0.3, 0.4) is 0 Å². The lowest BCUT2D eigenvalue weighted by Crippen LogP contribution is -2.61. The van der Waals surface area contributed by atoms with Crippen molar-refractivity contribution in [1.82, 2.24) is 4.90 Å². The van der Waals surface area contributed by atoms with Crippen LogP contribution in [0.4, 0.5) is 0 Å². The molecule has 0 aromatic heterocycles. The van der Waals surface area contributed by atoms with Gasteiger partial charge in [-0.3, -0.25) is 4.79 Å². The van der Waals surface area contributed by atoms with Gasteiger partial charge in [0.05, 0.1) is 12.2 Å². The lowest BCUT2D eigenvalue weighted by Gasteiger charge is -2.63. The lowest BCUT2D eigenvalue weighted by atomic mass is 9.42. The van der Waals surface area contributed by atoms with Gasteiger partial charge in [0.2, 0.25) is 5.91 Å². The molecule has 4 heteroatoms. The van der Waals surface area contributed by atoms with Crippen LogP contribution in [0.15, 0.2) is 30.3 Å². The molecule has 1 saturated heterocycles. The van der Waals surface area contributed by atoms with E-state index in [0.29, 0.717) is 56.0 Å². The van der Waals surface area contributed by atoms with E-state index >= 15 is 0 Å². The highest BCUT2D eigenvalue weighted by molar-refractivity contribution is 5.78. The molecular formula is C23H31NO3. The first-order valence-electron chi connectivity index (χ1n) is 10.8. The van der Waals surface area contributed by atoms with Gasteiger partial charge in [0.15, 0.2) is 0 Å². The molecule has 4 aliphatic carbocycles. The van der Waals surface area contributed by atoms with Crippen molar-refractivity contribution in [3.8, 4) is 0 Å². The van der Waals surface area contributed by atoms with Gasteiger partial charge in [0.25, 0.3) is 0 Å². The molecule has 0 spiro atoms. The topological polar surface area (TPSA) is 60.8 Å². The summed E-state index contributed by atoms with van der Waals surface area (Å²) in [6.45, 7) is 1.37. The zero-order chi connectivity index (χ0) is 18.6. The fourth-order valence-electron chi connectivity index (χ4n) is 7.05. The van der Waals surface area contributed by atoms with Crippen LogP contribution in [0, 0.1) is 23.7 Å².